The van der Waals surface area contributed by atoms with E-state index in [1.807, 2.05) is 31.2 Å². The van der Waals surface area contributed by atoms with E-state index in [1.165, 1.54) is 29.9 Å². The smallest absolute Gasteiger partial charge is 0.307 e. The molecule has 0 saturated carbocycles. The number of halogens is 1. The highest BCUT2D eigenvalue weighted by Crippen LogP contribution is 2.37. The van der Waals surface area contributed by atoms with Crippen molar-refractivity contribution in [2.45, 2.75) is 38.0 Å². The van der Waals surface area contributed by atoms with Crippen molar-refractivity contribution in [3.63, 3.8) is 0 Å². The molecule has 28 heavy (non-hydrogen) atoms. The number of unbranched alkanes of at least 4 members (excludes halogenated alkanes) is 1. The van der Waals surface area contributed by atoms with Gasteiger partial charge in [-0.15, -0.1) is 11.8 Å². The van der Waals surface area contributed by atoms with Crippen molar-refractivity contribution >= 4 is 28.5 Å². The molecule has 0 heterocycles. The highest BCUT2D eigenvalue weighted by Gasteiger charge is 2.15. The van der Waals surface area contributed by atoms with Gasteiger partial charge in [0.1, 0.15) is 17.3 Å². The molecule has 0 aliphatic heterocycles. The number of hydrogen-bond acceptors (Lipinski definition) is 3. The molecule has 0 saturated heterocycles. The molecule has 0 aliphatic carbocycles. The first-order valence-electron chi connectivity index (χ1n) is 9.32. The molecule has 3 rings (SSSR count). The molecule has 0 aromatic heterocycles. The Labute approximate surface area is 168 Å². The molecule has 3 nitrogen and oxygen atoms in total. The Kier molecular flexibility index (Phi) is 6.57. The molecule has 0 amide bonds. The Morgan fingerprint density at radius 2 is 1.89 bits per heavy atom. The van der Waals surface area contributed by atoms with Gasteiger partial charge in [0.05, 0.1) is 6.42 Å². The van der Waals surface area contributed by atoms with Crippen molar-refractivity contribution in [2.24, 2.45) is 0 Å². The number of carboxylic acid groups (broad SMARTS) is 1. The molecule has 1 N–H and O–H groups in total. The maximum atomic E-state index is 13.8. The zero-order valence-electron chi connectivity index (χ0n) is 16.0. The quantitative estimate of drug-likeness (QED) is 0.343. The molecule has 146 valence electrons. The lowest BCUT2D eigenvalue weighted by Crippen LogP contribution is -2.03. The minimum Gasteiger partial charge on any atom is -0.481 e. The fourth-order valence-electron chi connectivity index (χ4n) is 3.03. The van der Waals surface area contributed by atoms with Gasteiger partial charge < -0.3 is 9.84 Å². The standard InChI is InChI=1S/C23H23FO3S/c1-3-4-11-28-20-9-7-19(8-10-20)27-23-15(2)17(13-22(25)26)12-16-5-6-18(24)14-21(16)23/h5-10,12,14H,3-4,11,13H2,1-2H3,(H,25,26). The Morgan fingerprint density at radius 3 is 2.57 bits per heavy atom. The second-order valence-electron chi connectivity index (χ2n) is 6.70. The lowest BCUT2D eigenvalue weighted by molar-refractivity contribution is -0.136. The summed E-state index contributed by atoms with van der Waals surface area (Å²) in [6.45, 7) is 3.98. The Hall–Kier alpha value is -2.53. The molecular weight excluding hydrogens is 375 g/mol. The maximum Gasteiger partial charge on any atom is 0.307 e. The van der Waals surface area contributed by atoms with Crippen LogP contribution >= 0.6 is 11.8 Å². The SMILES string of the molecule is CCCCSc1ccc(Oc2c(C)c(CC(=O)O)cc3ccc(F)cc23)cc1. The van der Waals surface area contributed by atoms with Crippen LogP contribution in [0.3, 0.4) is 0 Å². The average Bonchev–Trinajstić information content (AvgIpc) is 2.66. The van der Waals surface area contributed by atoms with Gasteiger partial charge in [-0.3, -0.25) is 4.79 Å². The van der Waals surface area contributed by atoms with Gasteiger partial charge in [-0.05, 0) is 72.0 Å². The third-order valence-corrected chi connectivity index (χ3v) is 5.66. The van der Waals surface area contributed by atoms with Crippen molar-refractivity contribution in [2.75, 3.05) is 5.75 Å². The van der Waals surface area contributed by atoms with E-state index >= 15 is 0 Å². The number of benzene rings is 3. The van der Waals surface area contributed by atoms with Gasteiger partial charge in [-0.1, -0.05) is 25.5 Å². The van der Waals surface area contributed by atoms with Crippen molar-refractivity contribution in [3.8, 4) is 11.5 Å². The Balaban J connectivity index is 1.95. The summed E-state index contributed by atoms with van der Waals surface area (Å²) in [5.41, 5.74) is 1.37. The van der Waals surface area contributed by atoms with Crippen molar-refractivity contribution in [3.05, 3.63) is 65.5 Å². The van der Waals surface area contributed by atoms with Crippen LogP contribution in [0.1, 0.15) is 30.9 Å². The van der Waals surface area contributed by atoms with Gasteiger partial charge in [0.25, 0.3) is 0 Å². The predicted octanol–water partition coefficient (Wildman–Crippen LogP) is 6.60. The number of thioether (sulfide) groups is 1. The lowest BCUT2D eigenvalue weighted by atomic mass is 9.98. The Bertz CT molecular complexity index is 983. The average molecular weight is 398 g/mol. The monoisotopic (exact) mass is 398 g/mol. The Morgan fingerprint density at radius 1 is 1.14 bits per heavy atom. The van der Waals surface area contributed by atoms with Gasteiger partial charge in [-0.25, -0.2) is 4.39 Å². The molecule has 5 heteroatoms. The number of fused-ring (bicyclic) bond motifs is 1. The van der Waals surface area contributed by atoms with Crippen LogP contribution in [0.2, 0.25) is 0 Å². The van der Waals surface area contributed by atoms with E-state index in [9.17, 15) is 14.3 Å². The first-order valence-corrected chi connectivity index (χ1v) is 10.3. The van der Waals surface area contributed by atoms with Crippen LogP contribution in [0.15, 0.2) is 53.4 Å². The van der Waals surface area contributed by atoms with Crippen LogP contribution in [-0.2, 0) is 11.2 Å². The third kappa shape index (κ3) is 4.84. The van der Waals surface area contributed by atoms with Crippen molar-refractivity contribution in [1.29, 1.82) is 0 Å². The molecule has 0 spiro atoms. The summed E-state index contributed by atoms with van der Waals surface area (Å²) in [7, 11) is 0. The summed E-state index contributed by atoms with van der Waals surface area (Å²) in [5, 5.41) is 10.6. The molecule has 0 unspecified atom stereocenters. The first kappa shape index (κ1) is 20.2. The zero-order chi connectivity index (χ0) is 20.1. The van der Waals surface area contributed by atoms with E-state index in [-0.39, 0.29) is 12.2 Å². The molecular formula is C23H23FO3S. The summed E-state index contributed by atoms with van der Waals surface area (Å²) in [6.07, 6.45) is 2.24. The number of ether oxygens (including phenoxy) is 1. The van der Waals surface area contributed by atoms with Crippen LogP contribution in [-0.4, -0.2) is 16.8 Å². The molecule has 0 aliphatic rings. The zero-order valence-corrected chi connectivity index (χ0v) is 16.8. The van der Waals surface area contributed by atoms with Crippen LogP contribution in [0.5, 0.6) is 11.5 Å². The molecule has 0 bridgehead atoms. The van der Waals surface area contributed by atoms with Crippen LogP contribution in [0, 0.1) is 12.7 Å². The number of aliphatic carboxylic acids is 1. The van der Waals surface area contributed by atoms with Gasteiger partial charge >= 0.3 is 5.97 Å². The van der Waals surface area contributed by atoms with E-state index in [1.54, 1.807) is 23.9 Å². The minimum atomic E-state index is -0.913. The van der Waals surface area contributed by atoms with Gasteiger partial charge in [0.2, 0.25) is 0 Å². The van der Waals surface area contributed by atoms with Gasteiger partial charge in [0, 0.05) is 10.3 Å². The summed E-state index contributed by atoms with van der Waals surface area (Å²) < 4.78 is 20.0. The lowest BCUT2D eigenvalue weighted by Gasteiger charge is -2.16. The first-order chi connectivity index (χ1) is 13.5. The summed E-state index contributed by atoms with van der Waals surface area (Å²) >= 11 is 1.81. The van der Waals surface area contributed by atoms with E-state index < -0.39 is 5.97 Å². The highest BCUT2D eigenvalue weighted by molar-refractivity contribution is 7.99. The van der Waals surface area contributed by atoms with Crippen LogP contribution in [0.25, 0.3) is 10.8 Å². The predicted molar refractivity (Wildman–Crippen MR) is 112 cm³/mol. The van der Waals surface area contributed by atoms with E-state index in [2.05, 4.69) is 6.92 Å². The molecule has 3 aromatic rings. The molecule has 3 aromatic carbocycles. The second kappa shape index (κ2) is 9.11. The summed E-state index contributed by atoms with van der Waals surface area (Å²) in [6, 6.07) is 14.0. The normalized spacial score (nSPS) is 11.0. The van der Waals surface area contributed by atoms with Crippen LogP contribution in [0.4, 0.5) is 4.39 Å². The summed E-state index contributed by atoms with van der Waals surface area (Å²) in [5.74, 6) is 0.951. The van der Waals surface area contributed by atoms with Gasteiger partial charge in [0.15, 0.2) is 0 Å². The van der Waals surface area contributed by atoms with E-state index in [4.69, 9.17) is 4.74 Å². The van der Waals surface area contributed by atoms with Crippen molar-refractivity contribution in [1.82, 2.24) is 0 Å². The van der Waals surface area contributed by atoms with Gasteiger partial charge in [-0.2, -0.15) is 0 Å². The molecule has 0 fully saturated rings. The minimum absolute atomic E-state index is 0.109. The van der Waals surface area contributed by atoms with E-state index in [0.29, 0.717) is 28.0 Å². The number of rotatable bonds is 8. The fraction of sp³-hybridized carbons (Fsp3) is 0.261. The van der Waals surface area contributed by atoms with Crippen LogP contribution < -0.4 is 4.74 Å². The third-order valence-electron chi connectivity index (χ3n) is 4.56. The molecule has 0 atom stereocenters. The largest absolute Gasteiger partial charge is 0.481 e. The number of carboxylic acids is 1. The number of carbonyl (C=O) groups is 1. The van der Waals surface area contributed by atoms with E-state index in [0.717, 1.165) is 11.1 Å². The topological polar surface area (TPSA) is 46.5 Å². The summed E-state index contributed by atoms with van der Waals surface area (Å²) in [4.78, 5) is 12.4. The fourth-order valence-corrected chi connectivity index (χ4v) is 4.03. The number of hydrogen-bond donors (Lipinski definition) is 1. The highest BCUT2D eigenvalue weighted by atomic mass is 32.2. The molecule has 0 radical (unpaired) electrons. The second-order valence-corrected chi connectivity index (χ2v) is 7.87. The van der Waals surface area contributed by atoms with Crippen molar-refractivity contribution < 1.29 is 19.0 Å². The maximum absolute atomic E-state index is 13.8.